The molecule has 0 bridgehead atoms. The second-order valence-electron chi connectivity index (χ2n) is 3.54. The predicted octanol–water partition coefficient (Wildman–Crippen LogP) is 2.97. The molecule has 0 saturated heterocycles. The third-order valence-corrected chi connectivity index (χ3v) is 2.40. The molecule has 0 spiro atoms. The number of aliphatic hydroxyl groups is 1. The molecule has 0 saturated carbocycles. The van der Waals surface area contributed by atoms with Crippen molar-refractivity contribution in [2.75, 3.05) is 6.61 Å². The number of aliphatic hydroxyl groups excluding tert-OH is 1. The van der Waals surface area contributed by atoms with Gasteiger partial charge in [0.15, 0.2) is 0 Å². The van der Waals surface area contributed by atoms with Crippen LogP contribution in [0.15, 0.2) is 54.7 Å². The first kappa shape index (κ1) is 17.6. The maximum Gasteiger partial charge on any atom is 0.103 e. The van der Waals surface area contributed by atoms with E-state index in [0.29, 0.717) is 0 Å². The van der Waals surface area contributed by atoms with E-state index in [4.69, 9.17) is 17.3 Å². The van der Waals surface area contributed by atoms with Crippen molar-refractivity contribution in [3.8, 4) is 0 Å². The van der Waals surface area contributed by atoms with Crippen molar-refractivity contribution in [1.29, 1.82) is 0 Å². The van der Waals surface area contributed by atoms with Crippen LogP contribution in [0.3, 0.4) is 0 Å². The minimum atomic E-state index is 0. The third kappa shape index (κ3) is 8.61. The van der Waals surface area contributed by atoms with Gasteiger partial charge in [-0.15, -0.1) is 0 Å². The van der Waals surface area contributed by atoms with E-state index in [9.17, 15) is 0 Å². The van der Waals surface area contributed by atoms with Gasteiger partial charge >= 0.3 is 0 Å². The van der Waals surface area contributed by atoms with E-state index in [2.05, 4.69) is 17.1 Å². The van der Waals surface area contributed by atoms with E-state index in [0.717, 1.165) is 17.5 Å². The van der Waals surface area contributed by atoms with Gasteiger partial charge in [-0.05, 0) is 30.5 Å². The molecular formula is C14H17NNaOS. The minimum absolute atomic E-state index is 0. The van der Waals surface area contributed by atoms with Crippen LogP contribution in [-0.2, 0) is 6.42 Å². The quantitative estimate of drug-likeness (QED) is 0.664. The smallest absolute Gasteiger partial charge is 0.103 e. The van der Waals surface area contributed by atoms with E-state index < -0.39 is 0 Å². The Morgan fingerprint density at radius 1 is 1.00 bits per heavy atom. The van der Waals surface area contributed by atoms with E-state index in [1.165, 1.54) is 5.56 Å². The third-order valence-electron chi connectivity index (χ3n) is 2.15. The number of nitrogens with one attached hydrogen (secondary N) is 1. The summed E-state index contributed by atoms with van der Waals surface area (Å²) in [5.74, 6) is 0. The largest absolute Gasteiger partial charge is 0.396 e. The van der Waals surface area contributed by atoms with Gasteiger partial charge in [0.1, 0.15) is 4.64 Å². The average Bonchev–Trinajstić information content (AvgIpc) is 2.39. The van der Waals surface area contributed by atoms with Gasteiger partial charge in [-0.2, -0.15) is 0 Å². The molecule has 2 rings (SSSR count). The van der Waals surface area contributed by atoms with Gasteiger partial charge in [0, 0.05) is 42.4 Å². The molecule has 91 valence electrons. The Morgan fingerprint density at radius 3 is 2.11 bits per heavy atom. The monoisotopic (exact) mass is 270 g/mol. The topological polar surface area (TPSA) is 36.0 Å². The molecule has 1 aromatic heterocycles. The number of benzene rings is 1. The Balaban J connectivity index is 0.000000321. The molecule has 4 heteroatoms. The van der Waals surface area contributed by atoms with Crippen LogP contribution in [0, 0.1) is 4.64 Å². The van der Waals surface area contributed by atoms with Crippen LogP contribution < -0.4 is 0 Å². The summed E-state index contributed by atoms with van der Waals surface area (Å²) < 4.78 is 0.780. The number of rotatable bonds is 3. The Kier molecular flexibility index (Phi) is 11.3. The molecule has 0 atom stereocenters. The van der Waals surface area contributed by atoms with Crippen LogP contribution in [-0.4, -0.2) is 46.3 Å². The number of pyridine rings is 1. The van der Waals surface area contributed by atoms with Crippen LogP contribution in [0.25, 0.3) is 0 Å². The molecule has 0 unspecified atom stereocenters. The van der Waals surface area contributed by atoms with Gasteiger partial charge in [0.05, 0.1) is 0 Å². The van der Waals surface area contributed by atoms with E-state index in [1.54, 1.807) is 0 Å². The molecule has 2 N–H and O–H groups in total. The fourth-order valence-electron chi connectivity index (χ4n) is 1.30. The first-order chi connectivity index (χ1) is 8.33. The summed E-state index contributed by atoms with van der Waals surface area (Å²) in [4.78, 5) is 2.85. The molecular weight excluding hydrogens is 253 g/mol. The first-order valence-electron chi connectivity index (χ1n) is 5.61. The van der Waals surface area contributed by atoms with Gasteiger partial charge in [-0.1, -0.05) is 48.6 Å². The summed E-state index contributed by atoms with van der Waals surface area (Å²) in [6, 6.07) is 15.8. The predicted molar refractivity (Wildman–Crippen MR) is 79.2 cm³/mol. The zero-order valence-corrected chi connectivity index (χ0v) is 13.5. The summed E-state index contributed by atoms with van der Waals surface area (Å²) >= 11 is 4.76. The molecule has 0 aliphatic rings. The fourth-order valence-corrected chi connectivity index (χ4v) is 1.45. The minimum Gasteiger partial charge on any atom is -0.396 e. The van der Waals surface area contributed by atoms with Gasteiger partial charge in [0.25, 0.3) is 0 Å². The van der Waals surface area contributed by atoms with Crippen LogP contribution >= 0.6 is 12.2 Å². The summed E-state index contributed by atoms with van der Waals surface area (Å²) in [6.45, 7) is 0.287. The van der Waals surface area contributed by atoms with Gasteiger partial charge in [-0.3, -0.25) is 0 Å². The molecule has 2 nitrogen and oxygen atoms in total. The fraction of sp³-hybridized carbons (Fsp3) is 0.214. The van der Waals surface area contributed by atoms with Crippen LogP contribution in [0.4, 0.5) is 0 Å². The number of H-pyrrole nitrogens is 1. The van der Waals surface area contributed by atoms with Crippen molar-refractivity contribution >= 4 is 41.8 Å². The normalized spacial score (nSPS) is 8.72. The van der Waals surface area contributed by atoms with E-state index >= 15 is 0 Å². The molecule has 0 aliphatic carbocycles. The van der Waals surface area contributed by atoms with Crippen LogP contribution in [0.1, 0.15) is 12.0 Å². The number of hydrogen-bond donors (Lipinski definition) is 2. The maximum absolute atomic E-state index is 8.53. The van der Waals surface area contributed by atoms with Crippen molar-refractivity contribution < 1.29 is 5.11 Å². The maximum atomic E-state index is 8.53. The van der Waals surface area contributed by atoms with Crippen molar-refractivity contribution in [2.24, 2.45) is 0 Å². The number of aromatic nitrogens is 1. The second kappa shape index (κ2) is 11.6. The van der Waals surface area contributed by atoms with E-state index in [-0.39, 0.29) is 36.2 Å². The molecule has 0 fully saturated rings. The molecule has 1 aromatic carbocycles. The zero-order chi connectivity index (χ0) is 12.3. The zero-order valence-electron chi connectivity index (χ0n) is 10.7. The Labute approximate surface area is 135 Å². The van der Waals surface area contributed by atoms with Gasteiger partial charge in [-0.25, -0.2) is 0 Å². The first-order valence-corrected chi connectivity index (χ1v) is 6.02. The van der Waals surface area contributed by atoms with Crippen molar-refractivity contribution in [1.82, 2.24) is 4.98 Å². The Bertz CT molecular complexity index is 441. The number of hydrogen-bond acceptors (Lipinski definition) is 2. The summed E-state index contributed by atoms with van der Waals surface area (Å²) in [5, 5.41) is 8.53. The van der Waals surface area contributed by atoms with Gasteiger partial charge in [0.2, 0.25) is 0 Å². The van der Waals surface area contributed by atoms with Crippen molar-refractivity contribution in [2.45, 2.75) is 12.8 Å². The van der Waals surface area contributed by atoms with Gasteiger partial charge < -0.3 is 10.1 Å². The van der Waals surface area contributed by atoms with Crippen molar-refractivity contribution in [3.63, 3.8) is 0 Å². The van der Waals surface area contributed by atoms with E-state index in [1.807, 2.05) is 42.6 Å². The van der Waals surface area contributed by atoms with Crippen LogP contribution in [0.2, 0.25) is 0 Å². The molecule has 18 heavy (non-hydrogen) atoms. The Morgan fingerprint density at radius 2 is 1.67 bits per heavy atom. The molecule has 0 aliphatic heterocycles. The molecule has 1 heterocycles. The second-order valence-corrected chi connectivity index (χ2v) is 3.98. The SMILES string of the molecule is OCCCc1ccccc1.S=c1cccc[nH]1.[Na]. The van der Waals surface area contributed by atoms with Crippen LogP contribution in [0.5, 0.6) is 0 Å². The number of aromatic amines is 1. The number of aryl methyl sites for hydroxylation is 1. The standard InChI is InChI=1S/C9H12O.C5H5NS.Na/c10-8-4-7-9-5-2-1-3-6-9;7-5-3-1-2-4-6-5;/h1-3,5-6,10H,4,7-8H2;1-4H,(H,6,7);. The summed E-state index contributed by atoms with van der Waals surface area (Å²) in [5.41, 5.74) is 1.30. The van der Waals surface area contributed by atoms with Crippen molar-refractivity contribution in [3.05, 3.63) is 64.9 Å². The summed E-state index contributed by atoms with van der Waals surface area (Å²) in [6.07, 6.45) is 3.66. The summed E-state index contributed by atoms with van der Waals surface area (Å²) in [7, 11) is 0. The molecule has 0 amide bonds. The molecule has 2 aromatic rings. The Hall–Kier alpha value is -0.450. The molecule has 1 radical (unpaired) electrons. The average molecular weight is 270 g/mol.